The molecule has 3 aliphatic heterocycles. The Morgan fingerprint density at radius 1 is 0.774 bits per heavy atom. The van der Waals surface area contributed by atoms with Gasteiger partial charge in [-0.15, -0.1) is 0 Å². The second-order valence-corrected chi connectivity index (χ2v) is 14.2. The van der Waals surface area contributed by atoms with Crippen molar-refractivity contribution in [2.45, 2.75) is 63.8 Å². The van der Waals surface area contributed by atoms with E-state index < -0.39 is 23.8 Å². The maximum absolute atomic E-state index is 13.1. The van der Waals surface area contributed by atoms with Crippen LogP contribution < -0.4 is 10.6 Å². The van der Waals surface area contributed by atoms with Gasteiger partial charge in [0, 0.05) is 18.7 Å². The van der Waals surface area contributed by atoms with Gasteiger partial charge in [0.05, 0.1) is 11.1 Å². The fraction of sp³-hybridized carbons (Fsp3) is 0.318. The van der Waals surface area contributed by atoms with Gasteiger partial charge in [-0.25, -0.2) is 0 Å². The number of benzene rings is 4. The fourth-order valence-electron chi connectivity index (χ4n) is 7.99. The number of carbonyl (C=O) groups is 4. The lowest BCUT2D eigenvalue weighted by Crippen LogP contribution is -2.54. The molecule has 4 amide bonds. The highest BCUT2D eigenvalue weighted by atomic mass is 16.3. The molecule has 3 heterocycles. The molecule has 2 saturated heterocycles. The quantitative estimate of drug-likeness (QED) is 0.0807. The summed E-state index contributed by atoms with van der Waals surface area (Å²) >= 11 is 0. The van der Waals surface area contributed by atoms with Gasteiger partial charge >= 0.3 is 0 Å². The second-order valence-electron chi connectivity index (χ2n) is 14.2. The van der Waals surface area contributed by atoms with E-state index in [1.807, 2.05) is 18.2 Å². The molecule has 272 valence electrons. The minimum Gasteiger partial charge on any atom is -0.508 e. The Labute approximate surface area is 310 Å². The zero-order valence-electron chi connectivity index (χ0n) is 30.1. The number of imide groups is 2. The third-order valence-electron chi connectivity index (χ3n) is 10.9. The Hall–Kier alpha value is -5.54. The van der Waals surface area contributed by atoms with Gasteiger partial charge < -0.3 is 15.3 Å². The molecule has 3 aliphatic rings. The van der Waals surface area contributed by atoms with Crippen LogP contribution >= 0.6 is 0 Å². The number of aromatic hydroxyl groups is 1. The first-order valence-electron chi connectivity index (χ1n) is 18.8. The van der Waals surface area contributed by atoms with E-state index in [4.69, 9.17) is 0 Å². The minimum atomic E-state index is -0.963. The smallest absolute Gasteiger partial charge is 0.262 e. The van der Waals surface area contributed by atoms with E-state index in [9.17, 15) is 24.3 Å². The lowest BCUT2D eigenvalue weighted by atomic mass is 9.85. The second kappa shape index (κ2) is 16.0. The summed E-state index contributed by atoms with van der Waals surface area (Å²) in [6.07, 6.45) is 5.39. The van der Waals surface area contributed by atoms with E-state index in [2.05, 4.69) is 71.0 Å². The van der Waals surface area contributed by atoms with Crippen LogP contribution in [0.5, 0.6) is 5.75 Å². The van der Waals surface area contributed by atoms with Crippen LogP contribution in [-0.4, -0.2) is 70.8 Å². The molecule has 1 unspecified atom stereocenters. The van der Waals surface area contributed by atoms with E-state index >= 15 is 0 Å². The SMILES string of the molecule is CC/C(=C(\c1ccc(O)cc1)c1ccc(C2CCN(CCCCNc3ccc4c(c3)C(=O)N(C3CCC(=O)NC3=O)C4=O)CC2)cc1)c1ccccc1. The number of phenols is 1. The maximum Gasteiger partial charge on any atom is 0.262 e. The molecule has 53 heavy (non-hydrogen) atoms. The number of carbonyl (C=O) groups excluding carboxylic acids is 4. The molecule has 0 bridgehead atoms. The zero-order valence-corrected chi connectivity index (χ0v) is 30.1. The lowest BCUT2D eigenvalue weighted by molar-refractivity contribution is -0.136. The number of amides is 4. The average Bonchev–Trinajstić information content (AvgIpc) is 3.42. The van der Waals surface area contributed by atoms with Crippen molar-refractivity contribution in [3.05, 3.63) is 130 Å². The number of allylic oxidation sites excluding steroid dienone is 1. The summed E-state index contributed by atoms with van der Waals surface area (Å²) in [7, 11) is 0. The molecule has 0 spiro atoms. The lowest BCUT2D eigenvalue weighted by Gasteiger charge is -2.32. The fourth-order valence-corrected chi connectivity index (χ4v) is 7.99. The Kier molecular flexibility index (Phi) is 10.8. The van der Waals surface area contributed by atoms with Crippen LogP contribution in [0.15, 0.2) is 97.1 Å². The average molecular weight is 711 g/mol. The van der Waals surface area contributed by atoms with Crippen molar-refractivity contribution in [2.75, 3.05) is 31.5 Å². The number of fused-ring (bicyclic) bond motifs is 1. The monoisotopic (exact) mass is 710 g/mol. The minimum absolute atomic E-state index is 0.0979. The van der Waals surface area contributed by atoms with E-state index in [1.54, 1.807) is 30.3 Å². The number of likely N-dealkylation sites (tertiary alicyclic amines) is 1. The molecule has 4 aromatic carbocycles. The number of nitrogens with one attached hydrogen (secondary N) is 2. The highest BCUT2D eigenvalue weighted by molar-refractivity contribution is 6.23. The number of nitrogens with zero attached hydrogens (tertiary/aromatic N) is 2. The highest BCUT2D eigenvalue weighted by Gasteiger charge is 2.44. The van der Waals surface area contributed by atoms with Gasteiger partial charge in [0.2, 0.25) is 11.8 Å². The van der Waals surface area contributed by atoms with Crippen LogP contribution in [0.1, 0.15) is 101 Å². The Morgan fingerprint density at radius 3 is 2.13 bits per heavy atom. The zero-order chi connectivity index (χ0) is 36.9. The standard InChI is InChI=1S/C44H46N4O5/c1-2-36(31-8-4-3-5-9-31)41(33-14-17-35(49)18-15-33)32-12-10-29(11-13-32)30-22-26-47(27-23-30)25-7-6-24-45-34-16-19-37-38(28-34)44(53)48(43(37)52)39-20-21-40(50)46-42(39)51/h3-5,8-19,28,30,39,45,49H,2,6-7,20-27H2,1H3,(H,46,50,51)/b41-36+. The maximum atomic E-state index is 13.1. The summed E-state index contributed by atoms with van der Waals surface area (Å²) in [4.78, 5) is 53.6. The van der Waals surface area contributed by atoms with Crippen LogP contribution in [0.2, 0.25) is 0 Å². The molecule has 9 nitrogen and oxygen atoms in total. The summed E-state index contributed by atoms with van der Waals surface area (Å²) in [5.41, 5.74) is 8.69. The predicted molar refractivity (Wildman–Crippen MR) is 206 cm³/mol. The normalized spacial score (nSPS) is 18.5. The number of unbranched alkanes of at least 4 members (excludes halogenated alkanes) is 1. The van der Waals surface area contributed by atoms with Gasteiger partial charge in [0.25, 0.3) is 11.8 Å². The molecule has 0 radical (unpaired) electrons. The summed E-state index contributed by atoms with van der Waals surface area (Å²) in [6.45, 7) is 6.11. The van der Waals surface area contributed by atoms with E-state index in [1.165, 1.54) is 27.8 Å². The number of hydrogen-bond acceptors (Lipinski definition) is 7. The molecule has 3 N–H and O–H groups in total. The van der Waals surface area contributed by atoms with Crippen LogP contribution in [0.3, 0.4) is 0 Å². The Morgan fingerprint density at radius 2 is 1.45 bits per heavy atom. The van der Waals surface area contributed by atoms with Crippen LogP contribution in [0.25, 0.3) is 11.1 Å². The summed E-state index contributed by atoms with van der Waals surface area (Å²) < 4.78 is 0. The van der Waals surface area contributed by atoms with Crippen molar-refractivity contribution in [3.8, 4) is 5.75 Å². The van der Waals surface area contributed by atoms with Crippen molar-refractivity contribution in [1.29, 1.82) is 0 Å². The Bertz CT molecular complexity index is 2020. The Balaban J connectivity index is 0.895. The highest BCUT2D eigenvalue weighted by Crippen LogP contribution is 2.37. The summed E-state index contributed by atoms with van der Waals surface area (Å²) in [5, 5.41) is 15.6. The number of anilines is 1. The number of rotatable bonds is 12. The molecule has 7 rings (SSSR count). The first kappa shape index (κ1) is 35.8. The third-order valence-corrected chi connectivity index (χ3v) is 10.9. The number of piperidine rings is 2. The van der Waals surface area contributed by atoms with Gasteiger partial charge in [-0.3, -0.25) is 29.4 Å². The summed E-state index contributed by atoms with van der Waals surface area (Å²) in [5.74, 6) is -1.18. The van der Waals surface area contributed by atoms with Crippen molar-refractivity contribution in [3.63, 3.8) is 0 Å². The first-order chi connectivity index (χ1) is 25.8. The van der Waals surface area contributed by atoms with E-state index in [0.29, 0.717) is 5.92 Å². The van der Waals surface area contributed by atoms with Gasteiger partial charge in [0.15, 0.2) is 0 Å². The van der Waals surface area contributed by atoms with Gasteiger partial charge in [0.1, 0.15) is 11.8 Å². The number of phenolic OH excluding ortho intramolecular Hbond substituents is 1. The molecule has 0 saturated carbocycles. The van der Waals surface area contributed by atoms with Gasteiger partial charge in [-0.1, -0.05) is 73.7 Å². The summed E-state index contributed by atoms with van der Waals surface area (Å²) in [6, 6.07) is 31.4. The van der Waals surface area contributed by atoms with Crippen LogP contribution in [-0.2, 0) is 9.59 Å². The van der Waals surface area contributed by atoms with Crippen LogP contribution in [0, 0.1) is 0 Å². The third kappa shape index (κ3) is 7.81. The van der Waals surface area contributed by atoms with Crippen molar-refractivity contribution < 1.29 is 24.3 Å². The molecule has 9 heteroatoms. The predicted octanol–water partition coefficient (Wildman–Crippen LogP) is 7.23. The van der Waals surface area contributed by atoms with Gasteiger partial charge in [-0.2, -0.15) is 0 Å². The molecular formula is C44H46N4O5. The van der Waals surface area contributed by atoms with E-state index in [0.717, 1.165) is 74.4 Å². The molecular weight excluding hydrogens is 665 g/mol. The molecule has 0 aliphatic carbocycles. The molecule has 0 aromatic heterocycles. The largest absolute Gasteiger partial charge is 0.508 e. The van der Waals surface area contributed by atoms with Crippen molar-refractivity contribution in [2.24, 2.45) is 0 Å². The first-order valence-corrected chi connectivity index (χ1v) is 18.8. The molecule has 4 aromatic rings. The number of hydrogen-bond donors (Lipinski definition) is 3. The van der Waals surface area contributed by atoms with Crippen molar-refractivity contribution >= 4 is 40.5 Å². The van der Waals surface area contributed by atoms with E-state index in [-0.39, 0.29) is 35.6 Å². The topological polar surface area (TPSA) is 119 Å². The van der Waals surface area contributed by atoms with Gasteiger partial charge in [-0.05, 0) is 128 Å². The van der Waals surface area contributed by atoms with Crippen molar-refractivity contribution in [1.82, 2.24) is 15.1 Å². The molecule has 1 atom stereocenters. The molecule has 2 fully saturated rings. The van der Waals surface area contributed by atoms with Crippen LogP contribution in [0.4, 0.5) is 5.69 Å².